The minimum Gasteiger partial charge on any atom is -0.354 e. The van der Waals surface area contributed by atoms with Crippen molar-refractivity contribution in [3.05, 3.63) is 35.6 Å². The number of hydrogen-bond donors (Lipinski definition) is 2. The molecule has 1 unspecified atom stereocenters. The summed E-state index contributed by atoms with van der Waals surface area (Å²) in [5.41, 5.74) is 6.69. The van der Waals surface area contributed by atoms with E-state index in [1.54, 1.807) is 12.1 Å². The first kappa shape index (κ1) is 16.9. The number of hydrogen-bond acceptors (Lipinski definition) is 2. The van der Waals surface area contributed by atoms with Crippen molar-refractivity contribution in [2.24, 2.45) is 11.7 Å². The summed E-state index contributed by atoms with van der Waals surface area (Å²) < 4.78 is 12.6. The van der Waals surface area contributed by atoms with E-state index in [4.69, 9.17) is 5.73 Å². The Balaban J connectivity index is 0.00000289. The maximum atomic E-state index is 12.6. The highest BCUT2D eigenvalue weighted by Crippen LogP contribution is 2.03. The van der Waals surface area contributed by atoms with Crippen LogP contribution in [0.3, 0.4) is 0 Å². The van der Waals surface area contributed by atoms with Crippen molar-refractivity contribution in [2.45, 2.75) is 26.3 Å². The molecule has 0 bridgehead atoms. The first-order chi connectivity index (χ1) is 8.00. The number of rotatable bonds is 5. The lowest BCUT2D eigenvalue weighted by molar-refractivity contribution is -0.123. The molecule has 1 atom stereocenters. The Labute approximate surface area is 113 Å². The fourth-order valence-corrected chi connectivity index (χ4v) is 1.40. The smallest absolute Gasteiger partial charge is 0.237 e. The summed E-state index contributed by atoms with van der Waals surface area (Å²) in [6.07, 6.45) is 0.677. The highest BCUT2D eigenvalue weighted by atomic mass is 35.5. The molecule has 1 aromatic rings. The summed E-state index contributed by atoms with van der Waals surface area (Å²) in [7, 11) is 0. The summed E-state index contributed by atoms with van der Waals surface area (Å²) in [6, 6.07) is 5.78. The Morgan fingerprint density at radius 1 is 1.33 bits per heavy atom. The van der Waals surface area contributed by atoms with Crippen molar-refractivity contribution in [3.63, 3.8) is 0 Å². The largest absolute Gasteiger partial charge is 0.354 e. The first-order valence-electron chi connectivity index (χ1n) is 5.78. The second kappa shape index (κ2) is 8.06. The average Bonchev–Trinajstić information content (AvgIpc) is 2.30. The van der Waals surface area contributed by atoms with E-state index in [-0.39, 0.29) is 30.0 Å². The molecule has 18 heavy (non-hydrogen) atoms. The molecule has 0 saturated heterocycles. The van der Waals surface area contributed by atoms with Gasteiger partial charge in [-0.1, -0.05) is 26.0 Å². The van der Waals surface area contributed by atoms with Gasteiger partial charge in [0.15, 0.2) is 0 Å². The zero-order valence-corrected chi connectivity index (χ0v) is 11.5. The molecule has 102 valence electrons. The predicted molar refractivity (Wildman–Crippen MR) is 73.2 cm³/mol. The molecule has 0 radical (unpaired) electrons. The molecule has 0 heterocycles. The quantitative estimate of drug-likeness (QED) is 0.862. The van der Waals surface area contributed by atoms with Gasteiger partial charge in [0.25, 0.3) is 0 Å². The zero-order valence-electron chi connectivity index (χ0n) is 10.7. The lowest BCUT2D eigenvalue weighted by atomic mass is 10.0. The van der Waals surface area contributed by atoms with Crippen LogP contribution >= 0.6 is 12.4 Å². The third-order valence-corrected chi connectivity index (χ3v) is 2.65. The molecule has 1 rings (SSSR count). The van der Waals surface area contributed by atoms with Gasteiger partial charge in [0, 0.05) is 6.54 Å². The van der Waals surface area contributed by atoms with Crippen LogP contribution in [0.5, 0.6) is 0 Å². The Morgan fingerprint density at radius 3 is 2.39 bits per heavy atom. The Kier molecular flexibility index (Phi) is 7.55. The molecule has 0 aromatic heterocycles. The number of nitrogens with one attached hydrogen (secondary N) is 1. The molecule has 1 amide bonds. The maximum Gasteiger partial charge on any atom is 0.237 e. The van der Waals surface area contributed by atoms with Crippen LogP contribution in [0, 0.1) is 11.7 Å². The van der Waals surface area contributed by atoms with Gasteiger partial charge in [0.2, 0.25) is 5.91 Å². The van der Waals surface area contributed by atoms with Gasteiger partial charge in [-0.05, 0) is 30.0 Å². The van der Waals surface area contributed by atoms with Gasteiger partial charge in [0.1, 0.15) is 5.82 Å². The molecule has 0 fully saturated rings. The minimum atomic E-state index is -0.469. The van der Waals surface area contributed by atoms with Crippen LogP contribution in [0.2, 0.25) is 0 Å². The molecule has 3 nitrogen and oxygen atoms in total. The van der Waals surface area contributed by atoms with E-state index >= 15 is 0 Å². The minimum absolute atomic E-state index is 0. The third-order valence-electron chi connectivity index (χ3n) is 2.65. The average molecular weight is 275 g/mol. The van der Waals surface area contributed by atoms with Crippen molar-refractivity contribution >= 4 is 18.3 Å². The number of halogens is 2. The van der Waals surface area contributed by atoms with Gasteiger partial charge < -0.3 is 11.1 Å². The first-order valence-corrected chi connectivity index (χ1v) is 5.78. The van der Waals surface area contributed by atoms with Gasteiger partial charge in [0.05, 0.1) is 6.04 Å². The summed E-state index contributed by atoms with van der Waals surface area (Å²) in [4.78, 5) is 11.5. The summed E-state index contributed by atoms with van der Waals surface area (Å²) >= 11 is 0. The molecule has 0 aliphatic heterocycles. The van der Waals surface area contributed by atoms with E-state index in [2.05, 4.69) is 5.32 Å². The molecular formula is C13H20ClFN2O. The SMILES string of the molecule is CC(C)C(N)C(=O)NCCc1ccc(F)cc1.Cl. The highest BCUT2D eigenvalue weighted by Gasteiger charge is 2.16. The molecule has 5 heteroatoms. The van der Waals surface area contributed by atoms with Crippen molar-refractivity contribution < 1.29 is 9.18 Å². The van der Waals surface area contributed by atoms with Crippen molar-refractivity contribution in [2.75, 3.05) is 6.54 Å². The molecule has 0 saturated carbocycles. The highest BCUT2D eigenvalue weighted by molar-refractivity contribution is 5.85. The number of carbonyl (C=O) groups excluding carboxylic acids is 1. The number of amides is 1. The van der Waals surface area contributed by atoms with Crippen LogP contribution in [-0.4, -0.2) is 18.5 Å². The summed E-state index contributed by atoms with van der Waals surface area (Å²) in [6.45, 7) is 4.33. The predicted octanol–water partition coefficient (Wildman–Crippen LogP) is 1.89. The number of carbonyl (C=O) groups is 1. The van der Waals surface area contributed by atoms with Crippen LogP contribution in [0.25, 0.3) is 0 Å². The molecule has 1 aromatic carbocycles. The topological polar surface area (TPSA) is 55.1 Å². The van der Waals surface area contributed by atoms with E-state index in [0.29, 0.717) is 13.0 Å². The van der Waals surface area contributed by atoms with Gasteiger partial charge in [-0.15, -0.1) is 12.4 Å². The van der Waals surface area contributed by atoms with Gasteiger partial charge in [-0.2, -0.15) is 0 Å². The van der Waals surface area contributed by atoms with Gasteiger partial charge >= 0.3 is 0 Å². The van der Waals surface area contributed by atoms with Crippen LogP contribution in [-0.2, 0) is 11.2 Å². The molecule has 0 aliphatic carbocycles. The second-order valence-corrected chi connectivity index (χ2v) is 4.44. The zero-order chi connectivity index (χ0) is 12.8. The Hall–Kier alpha value is -1.13. The van der Waals surface area contributed by atoms with E-state index in [0.717, 1.165) is 5.56 Å². The number of nitrogens with two attached hydrogens (primary N) is 1. The standard InChI is InChI=1S/C13H19FN2O.ClH/c1-9(2)12(15)13(17)16-8-7-10-3-5-11(14)6-4-10;/h3-6,9,12H,7-8,15H2,1-2H3,(H,16,17);1H. The normalized spacial score (nSPS) is 11.8. The summed E-state index contributed by atoms with van der Waals surface area (Å²) in [5.74, 6) is -0.262. The van der Waals surface area contributed by atoms with Crippen LogP contribution in [0.1, 0.15) is 19.4 Å². The van der Waals surface area contributed by atoms with E-state index < -0.39 is 6.04 Å². The van der Waals surface area contributed by atoms with E-state index in [1.807, 2.05) is 13.8 Å². The van der Waals surface area contributed by atoms with Crippen LogP contribution < -0.4 is 11.1 Å². The van der Waals surface area contributed by atoms with Gasteiger partial charge in [-0.3, -0.25) is 4.79 Å². The Morgan fingerprint density at radius 2 is 1.89 bits per heavy atom. The monoisotopic (exact) mass is 274 g/mol. The van der Waals surface area contributed by atoms with Crippen molar-refractivity contribution in [3.8, 4) is 0 Å². The maximum absolute atomic E-state index is 12.6. The fraction of sp³-hybridized carbons (Fsp3) is 0.462. The molecule has 3 N–H and O–H groups in total. The van der Waals surface area contributed by atoms with Crippen molar-refractivity contribution in [1.82, 2.24) is 5.32 Å². The number of benzene rings is 1. The van der Waals surface area contributed by atoms with Crippen LogP contribution in [0.4, 0.5) is 4.39 Å². The van der Waals surface area contributed by atoms with Crippen LogP contribution in [0.15, 0.2) is 24.3 Å². The molecule has 0 spiro atoms. The van der Waals surface area contributed by atoms with Gasteiger partial charge in [-0.25, -0.2) is 4.39 Å². The lowest BCUT2D eigenvalue weighted by Gasteiger charge is -2.15. The molecular weight excluding hydrogens is 255 g/mol. The fourth-order valence-electron chi connectivity index (χ4n) is 1.40. The molecule has 0 aliphatic rings. The lowest BCUT2D eigenvalue weighted by Crippen LogP contribution is -2.44. The Bertz CT molecular complexity index is 368. The summed E-state index contributed by atoms with van der Waals surface area (Å²) in [5, 5.41) is 2.77. The van der Waals surface area contributed by atoms with E-state index in [9.17, 15) is 9.18 Å². The third kappa shape index (κ3) is 5.47. The second-order valence-electron chi connectivity index (χ2n) is 4.44. The van der Waals surface area contributed by atoms with Crippen molar-refractivity contribution in [1.29, 1.82) is 0 Å². The van der Waals surface area contributed by atoms with E-state index in [1.165, 1.54) is 12.1 Å².